The van der Waals surface area contributed by atoms with E-state index in [1.165, 1.54) is 24.0 Å². The van der Waals surface area contributed by atoms with E-state index in [4.69, 9.17) is 0 Å². The fourth-order valence-electron chi connectivity index (χ4n) is 2.06. The van der Waals surface area contributed by atoms with Crippen molar-refractivity contribution in [1.29, 1.82) is 0 Å². The maximum Gasteiger partial charge on any atom is 0.216 e. The van der Waals surface area contributed by atoms with E-state index in [-0.39, 0.29) is 5.66 Å². The van der Waals surface area contributed by atoms with E-state index >= 15 is 0 Å². The summed E-state index contributed by atoms with van der Waals surface area (Å²) >= 11 is 0. The minimum Gasteiger partial charge on any atom is -0.153 e. The number of benzene rings is 1. The lowest BCUT2D eigenvalue weighted by Crippen LogP contribution is -2.16. The third-order valence-corrected chi connectivity index (χ3v) is 2.76. The molecule has 0 fully saturated rings. The molecule has 2 aliphatic rings. The third-order valence-electron chi connectivity index (χ3n) is 2.76. The van der Waals surface area contributed by atoms with Crippen LogP contribution < -0.4 is 0 Å². The van der Waals surface area contributed by atoms with Crippen molar-refractivity contribution in [1.82, 2.24) is 0 Å². The lowest BCUT2D eigenvalue weighted by atomic mass is 9.85. The Hall–Kier alpha value is -1.18. The molecule has 1 aliphatic carbocycles. The molecule has 1 spiro atoms. The molecule has 0 aromatic heterocycles. The van der Waals surface area contributed by atoms with E-state index in [0.29, 0.717) is 0 Å². The third kappa shape index (κ3) is 0.697. The molecule has 1 aromatic rings. The van der Waals surface area contributed by atoms with Crippen LogP contribution in [0.3, 0.4) is 0 Å². The standard InChI is InChI=1S/C10H10N2/c1-2-6-9-8(4-1)5-3-7-10(9)11-12-10/h1-2,4,6H,3,5,7H2. The highest BCUT2D eigenvalue weighted by atomic mass is 15.4. The van der Waals surface area contributed by atoms with E-state index < -0.39 is 0 Å². The maximum atomic E-state index is 4.16. The topological polar surface area (TPSA) is 24.7 Å². The molecular weight excluding hydrogens is 148 g/mol. The zero-order chi connectivity index (χ0) is 8.02. The van der Waals surface area contributed by atoms with Crippen molar-refractivity contribution in [2.24, 2.45) is 10.2 Å². The van der Waals surface area contributed by atoms with Gasteiger partial charge in [-0.2, -0.15) is 10.2 Å². The van der Waals surface area contributed by atoms with Gasteiger partial charge in [0.2, 0.25) is 5.66 Å². The fraction of sp³-hybridized carbons (Fsp3) is 0.400. The first kappa shape index (κ1) is 6.35. The van der Waals surface area contributed by atoms with Gasteiger partial charge in [0.05, 0.1) is 0 Å². The van der Waals surface area contributed by atoms with Crippen molar-refractivity contribution in [3.63, 3.8) is 0 Å². The quantitative estimate of drug-likeness (QED) is 0.554. The van der Waals surface area contributed by atoms with Gasteiger partial charge in [0.1, 0.15) is 0 Å². The molecule has 0 unspecified atom stereocenters. The SMILES string of the molecule is c1ccc2c(c1)CCCC21N=N1. The van der Waals surface area contributed by atoms with Crippen LogP contribution in [0.4, 0.5) is 0 Å². The van der Waals surface area contributed by atoms with Crippen molar-refractivity contribution in [2.45, 2.75) is 24.9 Å². The smallest absolute Gasteiger partial charge is 0.153 e. The number of nitrogens with zero attached hydrogens (tertiary/aromatic N) is 2. The summed E-state index contributed by atoms with van der Waals surface area (Å²) in [5, 5.41) is 8.32. The van der Waals surface area contributed by atoms with Crippen molar-refractivity contribution in [3.8, 4) is 0 Å². The highest BCUT2D eigenvalue weighted by molar-refractivity contribution is 5.37. The zero-order valence-corrected chi connectivity index (χ0v) is 6.83. The Kier molecular flexibility index (Phi) is 1.03. The average Bonchev–Trinajstić information content (AvgIpc) is 2.87. The normalized spacial score (nSPS) is 22.3. The molecule has 1 heterocycles. The molecule has 12 heavy (non-hydrogen) atoms. The predicted molar refractivity (Wildman–Crippen MR) is 45.9 cm³/mol. The minimum atomic E-state index is -0.0884. The Morgan fingerprint density at radius 2 is 2.00 bits per heavy atom. The maximum absolute atomic E-state index is 4.16. The van der Waals surface area contributed by atoms with Crippen LogP contribution >= 0.6 is 0 Å². The lowest BCUT2D eigenvalue weighted by molar-refractivity contribution is 0.512. The molecule has 0 radical (unpaired) electrons. The van der Waals surface area contributed by atoms with Crippen LogP contribution in [0.1, 0.15) is 24.0 Å². The first-order valence-corrected chi connectivity index (χ1v) is 4.43. The Bertz CT molecular complexity index is 349. The Labute approximate surface area is 71.3 Å². The van der Waals surface area contributed by atoms with Crippen LogP contribution in [0, 0.1) is 0 Å². The summed E-state index contributed by atoms with van der Waals surface area (Å²) in [6, 6.07) is 8.53. The van der Waals surface area contributed by atoms with E-state index in [0.717, 1.165) is 6.42 Å². The van der Waals surface area contributed by atoms with Crippen LogP contribution in [0.25, 0.3) is 0 Å². The summed E-state index contributed by atoms with van der Waals surface area (Å²) in [5.41, 5.74) is 2.69. The second-order valence-electron chi connectivity index (χ2n) is 3.53. The molecule has 2 nitrogen and oxygen atoms in total. The molecule has 1 aliphatic heterocycles. The van der Waals surface area contributed by atoms with Crippen molar-refractivity contribution >= 4 is 0 Å². The van der Waals surface area contributed by atoms with E-state index in [9.17, 15) is 0 Å². The van der Waals surface area contributed by atoms with Crippen LogP contribution in [0.15, 0.2) is 34.5 Å². The van der Waals surface area contributed by atoms with Gasteiger partial charge >= 0.3 is 0 Å². The van der Waals surface area contributed by atoms with Gasteiger partial charge < -0.3 is 0 Å². The summed E-state index contributed by atoms with van der Waals surface area (Å²) in [7, 11) is 0. The molecule has 0 saturated heterocycles. The molecule has 60 valence electrons. The second-order valence-corrected chi connectivity index (χ2v) is 3.53. The summed E-state index contributed by atoms with van der Waals surface area (Å²) in [4.78, 5) is 0. The average molecular weight is 158 g/mol. The highest BCUT2D eigenvalue weighted by Crippen LogP contribution is 2.48. The first-order valence-electron chi connectivity index (χ1n) is 4.43. The van der Waals surface area contributed by atoms with Gasteiger partial charge in [0.25, 0.3) is 0 Å². The van der Waals surface area contributed by atoms with Gasteiger partial charge in [0, 0.05) is 12.0 Å². The van der Waals surface area contributed by atoms with Crippen LogP contribution in [-0.2, 0) is 12.1 Å². The Morgan fingerprint density at radius 3 is 2.83 bits per heavy atom. The van der Waals surface area contributed by atoms with Crippen molar-refractivity contribution < 1.29 is 0 Å². The number of hydrogen-bond donors (Lipinski definition) is 0. The molecule has 0 saturated carbocycles. The lowest BCUT2D eigenvalue weighted by Gasteiger charge is -2.20. The van der Waals surface area contributed by atoms with Crippen molar-refractivity contribution in [3.05, 3.63) is 35.4 Å². The molecule has 0 amide bonds. The van der Waals surface area contributed by atoms with Crippen LogP contribution in [0.5, 0.6) is 0 Å². The Morgan fingerprint density at radius 1 is 1.17 bits per heavy atom. The first-order chi connectivity index (χ1) is 5.91. The number of aryl methyl sites for hydroxylation is 1. The van der Waals surface area contributed by atoms with Gasteiger partial charge in [-0.05, 0) is 18.4 Å². The predicted octanol–water partition coefficient (Wildman–Crippen LogP) is 2.64. The second kappa shape index (κ2) is 1.94. The zero-order valence-electron chi connectivity index (χ0n) is 6.83. The van der Waals surface area contributed by atoms with Gasteiger partial charge in [-0.15, -0.1) is 0 Å². The molecule has 1 aromatic carbocycles. The van der Waals surface area contributed by atoms with E-state index in [1.807, 2.05) is 0 Å². The fourth-order valence-corrected chi connectivity index (χ4v) is 2.06. The van der Waals surface area contributed by atoms with Crippen LogP contribution in [-0.4, -0.2) is 0 Å². The van der Waals surface area contributed by atoms with Gasteiger partial charge in [-0.25, -0.2) is 0 Å². The van der Waals surface area contributed by atoms with E-state index in [1.54, 1.807) is 0 Å². The Balaban J connectivity index is 2.16. The summed E-state index contributed by atoms with van der Waals surface area (Å²) < 4.78 is 0. The van der Waals surface area contributed by atoms with E-state index in [2.05, 4.69) is 34.5 Å². The summed E-state index contributed by atoms with van der Waals surface area (Å²) in [6.45, 7) is 0. The molecule has 0 bridgehead atoms. The van der Waals surface area contributed by atoms with Gasteiger partial charge in [-0.1, -0.05) is 24.3 Å². The molecule has 3 rings (SSSR count). The van der Waals surface area contributed by atoms with Crippen molar-refractivity contribution in [2.75, 3.05) is 0 Å². The van der Waals surface area contributed by atoms with Crippen LogP contribution in [0.2, 0.25) is 0 Å². The number of hydrogen-bond acceptors (Lipinski definition) is 2. The summed E-state index contributed by atoms with van der Waals surface area (Å²) in [5.74, 6) is 0. The number of rotatable bonds is 0. The highest BCUT2D eigenvalue weighted by Gasteiger charge is 2.44. The van der Waals surface area contributed by atoms with Gasteiger partial charge in [0.15, 0.2) is 0 Å². The largest absolute Gasteiger partial charge is 0.216 e. The number of fused-ring (bicyclic) bond motifs is 2. The minimum absolute atomic E-state index is 0.0884. The molecule has 0 N–H and O–H groups in total. The summed E-state index contributed by atoms with van der Waals surface area (Å²) in [6.07, 6.45) is 3.54. The molecule has 0 atom stereocenters. The van der Waals surface area contributed by atoms with Gasteiger partial charge in [-0.3, -0.25) is 0 Å². The molecule has 2 heteroatoms. The monoisotopic (exact) mass is 158 g/mol. The molecular formula is C10H10N2.